The van der Waals surface area contributed by atoms with Crippen molar-refractivity contribution in [3.05, 3.63) is 71.7 Å². The smallest absolute Gasteiger partial charge is 0.337 e. The first-order valence-corrected chi connectivity index (χ1v) is 12.1. The van der Waals surface area contributed by atoms with Gasteiger partial charge in [-0.25, -0.2) is 19.4 Å². The highest BCUT2D eigenvalue weighted by Gasteiger charge is 2.19. The fourth-order valence-electron chi connectivity index (χ4n) is 4.70. The van der Waals surface area contributed by atoms with Crippen LogP contribution in [-0.4, -0.2) is 64.6 Å². The zero-order valence-corrected chi connectivity index (χ0v) is 19.9. The number of likely N-dealkylation sites (tertiary alicyclic amines) is 1. The number of piperidine rings is 1. The van der Waals surface area contributed by atoms with Gasteiger partial charge in [0.25, 0.3) is 0 Å². The van der Waals surface area contributed by atoms with Crippen LogP contribution in [0.5, 0.6) is 0 Å². The maximum atomic E-state index is 13.0. The molecule has 2 aromatic carbocycles. The number of carbonyl (C=O) groups is 2. The number of rotatable bonds is 8. The second-order valence-corrected chi connectivity index (χ2v) is 8.85. The molecule has 0 amide bonds. The Hall–Kier alpha value is -3.78. The third kappa shape index (κ3) is 4.74. The van der Waals surface area contributed by atoms with Crippen molar-refractivity contribution >= 4 is 33.7 Å². The van der Waals surface area contributed by atoms with Gasteiger partial charge in [-0.3, -0.25) is 4.79 Å². The van der Waals surface area contributed by atoms with Crippen LogP contribution in [0.2, 0.25) is 0 Å². The molecular formula is C27H29N5O3. The molecule has 0 atom stereocenters. The van der Waals surface area contributed by atoms with Crippen molar-refractivity contribution in [2.75, 3.05) is 38.7 Å². The summed E-state index contributed by atoms with van der Waals surface area (Å²) in [6, 6.07) is 14.4. The van der Waals surface area contributed by atoms with Gasteiger partial charge >= 0.3 is 5.97 Å². The summed E-state index contributed by atoms with van der Waals surface area (Å²) in [6.07, 6.45) is 6.52. The first-order valence-electron chi connectivity index (χ1n) is 12.1. The van der Waals surface area contributed by atoms with Crippen molar-refractivity contribution in [2.45, 2.75) is 25.7 Å². The Morgan fingerprint density at radius 3 is 2.57 bits per heavy atom. The Bertz CT molecular complexity index is 1360. The van der Waals surface area contributed by atoms with Crippen LogP contribution < -0.4 is 5.43 Å². The van der Waals surface area contributed by atoms with Crippen LogP contribution >= 0.6 is 0 Å². The topological polar surface area (TPSA) is 89.4 Å². The predicted molar refractivity (Wildman–Crippen MR) is 135 cm³/mol. The molecule has 8 nitrogen and oxygen atoms in total. The lowest BCUT2D eigenvalue weighted by molar-refractivity contribution is 0.0600. The summed E-state index contributed by atoms with van der Waals surface area (Å²) in [5, 5.41) is 1.71. The Morgan fingerprint density at radius 2 is 1.80 bits per heavy atom. The van der Waals surface area contributed by atoms with Gasteiger partial charge in [0.05, 0.1) is 18.2 Å². The Labute approximate surface area is 203 Å². The molecule has 0 unspecified atom stereocenters. The van der Waals surface area contributed by atoms with E-state index in [0.717, 1.165) is 48.9 Å². The minimum Gasteiger partial charge on any atom is -0.465 e. The third-order valence-corrected chi connectivity index (χ3v) is 6.54. The lowest BCUT2D eigenvalue weighted by Gasteiger charge is -2.26. The number of nitrogens with zero attached hydrogens (tertiary/aromatic N) is 4. The summed E-state index contributed by atoms with van der Waals surface area (Å²) in [6.45, 7) is 4.08. The molecule has 180 valence electrons. The second kappa shape index (κ2) is 10.2. The Kier molecular flexibility index (Phi) is 6.72. The first kappa shape index (κ1) is 23.0. The van der Waals surface area contributed by atoms with E-state index in [0.29, 0.717) is 16.8 Å². The van der Waals surface area contributed by atoms with Crippen LogP contribution in [0.3, 0.4) is 0 Å². The Balaban J connectivity index is 1.50. The number of fused-ring (bicyclic) bond motifs is 3. The van der Waals surface area contributed by atoms with E-state index in [9.17, 15) is 9.59 Å². The van der Waals surface area contributed by atoms with Gasteiger partial charge in [0.15, 0.2) is 5.65 Å². The monoisotopic (exact) mass is 471 g/mol. The quantitative estimate of drug-likeness (QED) is 0.236. The molecule has 5 rings (SSSR count). The molecule has 0 saturated carbocycles. The van der Waals surface area contributed by atoms with Gasteiger partial charge < -0.3 is 15.1 Å². The molecule has 0 bridgehead atoms. The molecule has 1 aliphatic rings. The molecule has 1 N–H and O–H groups in total. The summed E-state index contributed by atoms with van der Waals surface area (Å²) in [4.78, 5) is 36.8. The molecule has 35 heavy (non-hydrogen) atoms. The van der Waals surface area contributed by atoms with Crippen LogP contribution in [0.15, 0.2) is 54.7 Å². The molecule has 0 radical (unpaired) electrons. The van der Waals surface area contributed by atoms with Crippen molar-refractivity contribution in [3.63, 3.8) is 0 Å². The van der Waals surface area contributed by atoms with E-state index in [1.165, 1.54) is 26.4 Å². The Morgan fingerprint density at radius 1 is 1.00 bits per heavy atom. The number of hydrogen-bond acceptors (Lipinski definition) is 7. The summed E-state index contributed by atoms with van der Waals surface area (Å²) in [5.74, 6) is -0.499. The maximum Gasteiger partial charge on any atom is 0.337 e. The number of hydrogen-bond donors (Lipinski definition) is 1. The van der Waals surface area contributed by atoms with Gasteiger partial charge in [-0.1, -0.05) is 42.8 Å². The van der Waals surface area contributed by atoms with Gasteiger partial charge in [0, 0.05) is 29.1 Å². The molecule has 3 heterocycles. The maximum absolute atomic E-state index is 13.0. The number of carbonyl (C=O) groups excluding carboxylic acids is 2. The highest BCUT2D eigenvalue weighted by atomic mass is 16.5. The number of aromatic nitrogens is 3. The zero-order valence-electron chi connectivity index (χ0n) is 19.9. The number of esters is 1. The SMILES string of the molecule is COC(=O)c1ccc2c3cnc(C(=O)c4ccccc4)nc3n(NCCCN3CCCCC3)c2c1. The molecule has 0 aliphatic carbocycles. The fourth-order valence-corrected chi connectivity index (χ4v) is 4.70. The van der Waals surface area contributed by atoms with E-state index >= 15 is 0 Å². The number of nitrogens with one attached hydrogen (secondary N) is 1. The van der Waals surface area contributed by atoms with Crippen LogP contribution in [-0.2, 0) is 4.74 Å². The number of ether oxygens (including phenoxy) is 1. The summed E-state index contributed by atoms with van der Waals surface area (Å²) in [7, 11) is 1.37. The lowest BCUT2D eigenvalue weighted by atomic mass is 10.1. The van der Waals surface area contributed by atoms with Gasteiger partial charge in [-0.15, -0.1) is 0 Å². The summed E-state index contributed by atoms with van der Waals surface area (Å²) >= 11 is 0. The molecule has 0 spiro atoms. The van der Waals surface area contributed by atoms with Crippen LogP contribution in [0.4, 0.5) is 0 Å². The molecule has 4 aromatic rings. The van der Waals surface area contributed by atoms with Gasteiger partial charge in [-0.2, -0.15) is 0 Å². The van der Waals surface area contributed by atoms with Crippen molar-refractivity contribution in [3.8, 4) is 0 Å². The summed E-state index contributed by atoms with van der Waals surface area (Å²) in [5.41, 5.74) is 5.86. The van der Waals surface area contributed by atoms with E-state index in [1.54, 1.807) is 30.5 Å². The molecule has 1 fully saturated rings. The second-order valence-electron chi connectivity index (χ2n) is 8.85. The molecule has 8 heteroatoms. The molecule has 1 saturated heterocycles. The van der Waals surface area contributed by atoms with Crippen LogP contribution in [0.25, 0.3) is 21.9 Å². The zero-order chi connectivity index (χ0) is 24.2. The van der Waals surface area contributed by atoms with Crippen molar-refractivity contribution in [1.82, 2.24) is 19.5 Å². The lowest BCUT2D eigenvalue weighted by Crippen LogP contribution is -2.32. The number of ketones is 1. The highest BCUT2D eigenvalue weighted by Crippen LogP contribution is 2.28. The van der Waals surface area contributed by atoms with E-state index < -0.39 is 5.97 Å². The third-order valence-electron chi connectivity index (χ3n) is 6.54. The first-order chi connectivity index (χ1) is 17.2. The normalized spacial score (nSPS) is 14.3. The fraction of sp³-hybridized carbons (Fsp3) is 0.333. The molecule has 1 aliphatic heterocycles. The predicted octanol–water partition coefficient (Wildman–Crippen LogP) is 4.02. The van der Waals surface area contributed by atoms with Gasteiger partial charge in [-0.05, 0) is 51.0 Å². The van der Waals surface area contributed by atoms with E-state index in [1.807, 2.05) is 28.9 Å². The van der Waals surface area contributed by atoms with Crippen LogP contribution in [0.1, 0.15) is 52.2 Å². The van der Waals surface area contributed by atoms with E-state index in [4.69, 9.17) is 4.74 Å². The average molecular weight is 472 g/mol. The minimum absolute atomic E-state index is 0.135. The van der Waals surface area contributed by atoms with E-state index in [-0.39, 0.29) is 11.6 Å². The standard InChI is InChI=1S/C27H29N5O3/c1-35-27(34)20-11-12-21-22-18-28-25(24(33)19-9-4-2-5-10-19)30-26(22)32(23(21)17-20)29-13-8-16-31-14-6-3-7-15-31/h2,4-5,9-12,17-18,29H,3,6-8,13-16H2,1H3. The van der Waals surface area contributed by atoms with E-state index in [2.05, 4.69) is 20.3 Å². The van der Waals surface area contributed by atoms with Gasteiger partial charge in [0.1, 0.15) is 0 Å². The van der Waals surface area contributed by atoms with Crippen molar-refractivity contribution < 1.29 is 14.3 Å². The molecular weight excluding hydrogens is 442 g/mol. The minimum atomic E-state index is -0.403. The van der Waals surface area contributed by atoms with Crippen LogP contribution in [0, 0.1) is 0 Å². The van der Waals surface area contributed by atoms with Crippen molar-refractivity contribution in [2.24, 2.45) is 0 Å². The number of benzene rings is 2. The van der Waals surface area contributed by atoms with Gasteiger partial charge in [0.2, 0.25) is 11.6 Å². The largest absolute Gasteiger partial charge is 0.465 e. The molecule has 2 aromatic heterocycles. The number of methoxy groups -OCH3 is 1. The van der Waals surface area contributed by atoms with Crippen molar-refractivity contribution in [1.29, 1.82) is 0 Å². The highest BCUT2D eigenvalue weighted by molar-refractivity contribution is 6.11. The average Bonchev–Trinajstić information content (AvgIpc) is 3.23. The summed E-state index contributed by atoms with van der Waals surface area (Å²) < 4.78 is 6.79.